The summed E-state index contributed by atoms with van der Waals surface area (Å²) in [5.74, 6) is 3.17. The van der Waals surface area contributed by atoms with Gasteiger partial charge in [0.2, 0.25) is 0 Å². The molecule has 0 saturated heterocycles. The highest BCUT2D eigenvalue weighted by Gasteiger charge is 2.55. The quantitative estimate of drug-likeness (QED) is 0.254. The molecule has 160 valence electrons. The fourth-order valence-corrected chi connectivity index (χ4v) is 6.52. The van der Waals surface area contributed by atoms with Gasteiger partial charge >= 0.3 is 11.9 Å². The van der Waals surface area contributed by atoms with Gasteiger partial charge in [-0.2, -0.15) is 0 Å². The van der Waals surface area contributed by atoms with Crippen LogP contribution in [0.4, 0.5) is 0 Å². The second-order valence-corrected chi connectivity index (χ2v) is 9.47. The van der Waals surface area contributed by atoms with Gasteiger partial charge in [-0.1, -0.05) is 25.1 Å². The molecule has 4 saturated carbocycles. The zero-order valence-corrected chi connectivity index (χ0v) is 18.2. The lowest BCUT2D eigenvalue weighted by Crippen LogP contribution is -2.52. The van der Waals surface area contributed by atoms with Crippen LogP contribution >= 0.6 is 0 Å². The lowest BCUT2D eigenvalue weighted by molar-refractivity contribution is -0.134. The average Bonchev–Trinajstić information content (AvgIpc) is 2.71. The van der Waals surface area contributed by atoms with Crippen molar-refractivity contribution in [1.29, 1.82) is 0 Å². The number of esters is 2. The van der Waals surface area contributed by atoms with Gasteiger partial charge in [0.25, 0.3) is 0 Å². The third-order valence-corrected chi connectivity index (χ3v) is 7.66. The zero-order chi connectivity index (χ0) is 21.3. The molecule has 4 aliphatic carbocycles. The second kappa shape index (κ2) is 8.41. The van der Waals surface area contributed by atoms with Crippen molar-refractivity contribution in [1.82, 2.24) is 0 Å². The molecule has 4 nitrogen and oxygen atoms in total. The van der Waals surface area contributed by atoms with Crippen LogP contribution in [0, 0.1) is 29.1 Å². The van der Waals surface area contributed by atoms with Crippen molar-refractivity contribution < 1.29 is 19.1 Å². The molecule has 4 bridgehead atoms. The largest absolute Gasteiger partial charge is 0.431 e. The lowest BCUT2D eigenvalue weighted by atomic mass is 9.44. The summed E-state index contributed by atoms with van der Waals surface area (Å²) >= 11 is 0. The Morgan fingerprint density at radius 3 is 2.13 bits per heavy atom. The number of benzene rings is 1. The van der Waals surface area contributed by atoms with Crippen LogP contribution in [-0.2, 0) is 14.3 Å². The van der Waals surface area contributed by atoms with Gasteiger partial charge in [-0.25, -0.2) is 4.79 Å². The van der Waals surface area contributed by atoms with E-state index in [9.17, 15) is 9.59 Å². The first kappa shape index (κ1) is 20.9. The Morgan fingerprint density at radius 2 is 1.60 bits per heavy atom. The first-order valence-electron chi connectivity index (χ1n) is 11.2. The Bertz CT molecular complexity index is 834. The predicted octanol–water partition coefficient (Wildman–Crippen LogP) is 5.92. The average molecular weight is 409 g/mol. The summed E-state index contributed by atoms with van der Waals surface area (Å²) in [7, 11) is 0. The molecule has 1 aromatic carbocycles. The molecule has 0 unspecified atom stereocenters. The van der Waals surface area contributed by atoms with Crippen molar-refractivity contribution >= 4 is 18.0 Å². The minimum atomic E-state index is -0.349. The maximum atomic E-state index is 12.6. The van der Waals surface area contributed by atoms with Gasteiger partial charge in [-0.3, -0.25) is 4.79 Å². The van der Waals surface area contributed by atoms with Crippen LogP contribution in [0.5, 0.6) is 5.75 Å². The van der Waals surface area contributed by atoms with E-state index in [0.717, 1.165) is 41.2 Å². The minimum absolute atomic E-state index is 0.173. The van der Waals surface area contributed by atoms with Crippen LogP contribution in [0.15, 0.2) is 42.2 Å². The van der Waals surface area contributed by atoms with Crippen LogP contribution in [-0.4, -0.2) is 11.9 Å². The Balaban J connectivity index is 1.40. The third-order valence-electron chi connectivity index (χ3n) is 7.66. The molecule has 0 aliphatic heterocycles. The Hall–Kier alpha value is -2.36. The molecule has 0 N–H and O–H groups in total. The number of allylic oxidation sites excluding steroid dienone is 1. The Labute approximate surface area is 179 Å². The first-order chi connectivity index (χ1) is 14.4. The van der Waals surface area contributed by atoms with Gasteiger partial charge < -0.3 is 9.47 Å². The molecule has 0 radical (unpaired) electrons. The molecule has 0 amide bonds. The molecule has 0 spiro atoms. The van der Waals surface area contributed by atoms with Gasteiger partial charge in [-0.15, -0.1) is 0 Å². The summed E-state index contributed by atoms with van der Waals surface area (Å²) in [6, 6.07) is 7.05. The Kier molecular flexibility index (Phi) is 5.86. The van der Waals surface area contributed by atoms with Gasteiger partial charge in [0.1, 0.15) is 5.75 Å². The van der Waals surface area contributed by atoms with Gasteiger partial charge in [0.15, 0.2) is 0 Å². The molecule has 4 fully saturated rings. The van der Waals surface area contributed by atoms with Gasteiger partial charge in [0, 0.05) is 12.5 Å². The fraction of sp³-hybridized carbons (Fsp3) is 0.538. The molecule has 5 rings (SSSR count). The van der Waals surface area contributed by atoms with Gasteiger partial charge in [-0.05, 0) is 98.3 Å². The van der Waals surface area contributed by atoms with Crippen molar-refractivity contribution in [3.05, 3.63) is 47.7 Å². The number of ether oxygens (including phenoxy) is 2. The van der Waals surface area contributed by atoms with E-state index in [1.807, 2.05) is 19.1 Å². The molecule has 0 atom stereocenters. The van der Waals surface area contributed by atoms with E-state index in [1.54, 1.807) is 18.2 Å². The van der Waals surface area contributed by atoms with E-state index < -0.39 is 0 Å². The van der Waals surface area contributed by atoms with Crippen LogP contribution in [0.25, 0.3) is 6.08 Å². The molecule has 4 aliphatic rings. The van der Waals surface area contributed by atoms with E-state index in [-0.39, 0.29) is 17.4 Å². The number of rotatable bonds is 6. The highest BCUT2D eigenvalue weighted by atomic mass is 16.5. The normalized spacial score (nSPS) is 32.4. The molecular weight excluding hydrogens is 376 g/mol. The molecule has 4 heteroatoms. The number of hydrogen-bond donors (Lipinski definition) is 0. The monoisotopic (exact) mass is 408 g/mol. The fourth-order valence-electron chi connectivity index (χ4n) is 6.52. The predicted molar refractivity (Wildman–Crippen MR) is 116 cm³/mol. The van der Waals surface area contributed by atoms with Crippen LogP contribution in [0.1, 0.15) is 64.9 Å². The van der Waals surface area contributed by atoms with Crippen molar-refractivity contribution in [3.63, 3.8) is 0 Å². The summed E-state index contributed by atoms with van der Waals surface area (Å²) in [5.41, 5.74) is 1.76. The molecular formula is C26H32O4. The number of carbonyl (C=O) groups excluding carboxylic acids is 2. The minimum Gasteiger partial charge on any atom is -0.431 e. The number of carbonyl (C=O) groups is 2. The maximum Gasteiger partial charge on any atom is 0.338 e. The van der Waals surface area contributed by atoms with E-state index in [1.165, 1.54) is 45.3 Å². The summed E-state index contributed by atoms with van der Waals surface area (Å²) in [4.78, 5) is 23.6. The SMILES string of the molecule is CCC1(C=C(C)C(=O)OC=Cc2ccc(OC(C)=O)cc2)C2CC3CC(C2)CC1C3. The first-order valence-corrected chi connectivity index (χ1v) is 11.2. The second-order valence-electron chi connectivity index (χ2n) is 9.47. The lowest BCUT2D eigenvalue weighted by Gasteiger charge is -2.60. The zero-order valence-electron chi connectivity index (χ0n) is 18.2. The highest BCUT2D eigenvalue weighted by Crippen LogP contribution is 2.64. The summed E-state index contributed by atoms with van der Waals surface area (Å²) in [6.45, 7) is 5.55. The van der Waals surface area contributed by atoms with E-state index in [2.05, 4.69) is 13.0 Å². The van der Waals surface area contributed by atoms with Crippen LogP contribution < -0.4 is 4.74 Å². The molecule has 0 aromatic heterocycles. The van der Waals surface area contributed by atoms with Gasteiger partial charge in [0.05, 0.1) is 6.26 Å². The molecule has 1 aromatic rings. The van der Waals surface area contributed by atoms with Crippen LogP contribution in [0.3, 0.4) is 0 Å². The maximum absolute atomic E-state index is 12.6. The highest BCUT2D eigenvalue weighted by molar-refractivity contribution is 5.88. The van der Waals surface area contributed by atoms with Crippen molar-refractivity contribution in [2.45, 2.75) is 59.3 Å². The van der Waals surface area contributed by atoms with E-state index >= 15 is 0 Å². The third kappa shape index (κ3) is 4.10. The van der Waals surface area contributed by atoms with Crippen molar-refractivity contribution in [3.8, 4) is 5.75 Å². The standard InChI is InChI=1S/C26H32O4/c1-4-26(22-12-20-11-21(14-22)15-23(26)13-20)16-17(2)25(28)29-10-9-19-5-7-24(8-6-19)30-18(3)27/h5-10,16,20-23H,4,11-15H2,1-3H3. The Morgan fingerprint density at radius 1 is 1.00 bits per heavy atom. The smallest absolute Gasteiger partial charge is 0.338 e. The molecule has 0 heterocycles. The van der Waals surface area contributed by atoms with Crippen molar-refractivity contribution in [2.75, 3.05) is 0 Å². The van der Waals surface area contributed by atoms with E-state index in [0.29, 0.717) is 5.75 Å². The summed E-state index contributed by atoms with van der Waals surface area (Å²) in [6.07, 6.45) is 13.3. The van der Waals surface area contributed by atoms with Crippen LogP contribution in [0.2, 0.25) is 0 Å². The topological polar surface area (TPSA) is 52.6 Å². The number of hydrogen-bond acceptors (Lipinski definition) is 4. The molecule has 30 heavy (non-hydrogen) atoms. The van der Waals surface area contributed by atoms with Crippen molar-refractivity contribution in [2.24, 2.45) is 29.1 Å². The summed E-state index contributed by atoms with van der Waals surface area (Å²) < 4.78 is 10.4. The van der Waals surface area contributed by atoms with E-state index in [4.69, 9.17) is 9.47 Å². The summed E-state index contributed by atoms with van der Waals surface area (Å²) in [5, 5.41) is 0.